The summed E-state index contributed by atoms with van der Waals surface area (Å²) in [6, 6.07) is 6.85. The van der Waals surface area contributed by atoms with Crippen LogP contribution in [-0.4, -0.2) is 38.1 Å². The van der Waals surface area contributed by atoms with Gasteiger partial charge in [-0.2, -0.15) is 12.6 Å². The van der Waals surface area contributed by atoms with Crippen molar-refractivity contribution in [3.05, 3.63) is 29.8 Å². The van der Waals surface area contributed by atoms with E-state index in [1.807, 2.05) is 0 Å². The highest BCUT2D eigenvalue weighted by molar-refractivity contribution is 7.80. The summed E-state index contributed by atoms with van der Waals surface area (Å²) < 4.78 is 15.6. The summed E-state index contributed by atoms with van der Waals surface area (Å²) in [7, 11) is 0. The number of ether oxygens (including phenoxy) is 3. The largest absolute Gasteiger partial charge is 0.491 e. The van der Waals surface area contributed by atoms with E-state index in [1.165, 1.54) is 0 Å². The molecule has 4 nitrogen and oxygen atoms in total. The highest BCUT2D eigenvalue weighted by Crippen LogP contribution is 2.12. The van der Waals surface area contributed by atoms with Gasteiger partial charge >= 0.3 is 5.97 Å². The van der Waals surface area contributed by atoms with E-state index in [1.54, 1.807) is 31.2 Å². The highest BCUT2D eigenvalue weighted by Gasteiger charge is 2.05. The van der Waals surface area contributed by atoms with Gasteiger partial charge in [0.2, 0.25) is 0 Å². The first kappa shape index (κ1) is 14.9. The molecule has 5 heteroatoms. The summed E-state index contributed by atoms with van der Waals surface area (Å²) in [5, 5.41) is 0. The van der Waals surface area contributed by atoms with Crippen LogP contribution in [0.15, 0.2) is 24.3 Å². The van der Waals surface area contributed by atoms with Crippen LogP contribution >= 0.6 is 12.6 Å². The molecule has 0 saturated carbocycles. The zero-order valence-electron chi connectivity index (χ0n) is 10.4. The van der Waals surface area contributed by atoms with E-state index in [-0.39, 0.29) is 5.97 Å². The third-order valence-corrected chi connectivity index (χ3v) is 2.28. The minimum Gasteiger partial charge on any atom is -0.491 e. The van der Waals surface area contributed by atoms with E-state index in [0.29, 0.717) is 43.5 Å². The molecule has 0 atom stereocenters. The van der Waals surface area contributed by atoms with Crippen LogP contribution < -0.4 is 4.74 Å². The van der Waals surface area contributed by atoms with Gasteiger partial charge in [0.1, 0.15) is 12.4 Å². The Balaban J connectivity index is 2.33. The number of hydrogen-bond donors (Lipinski definition) is 1. The topological polar surface area (TPSA) is 44.8 Å². The van der Waals surface area contributed by atoms with Crippen molar-refractivity contribution in [1.82, 2.24) is 0 Å². The molecule has 0 aromatic heterocycles. The van der Waals surface area contributed by atoms with Gasteiger partial charge < -0.3 is 14.2 Å². The lowest BCUT2D eigenvalue weighted by Gasteiger charge is -2.07. The third-order valence-electron chi connectivity index (χ3n) is 2.10. The van der Waals surface area contributed by atoms with Crippen molar-refractivity contribution in [1.29, 1.82) is 0 Å². The Morgan fingerprint density at radius 2 is 1.89 bits per heavy atom. The smallest absolute Gasteiger partial charge is 0.338 e. The van der Waals surface area contributed by atoms with Gasteiger partial charge in [0.25, 0.3) is 0 Å². The van der Waals surface area contributed by atoms with E-state index >= 15 is 0 Å². The molecule has 0 aliphatic rings. The van der Waals surface area contributed by atoms with E-state index in [2.05, 4.69) is 12.6 Å². The van der Waals surface area contributed by atoms with Gasteiger partial charge in [0.05, 0.1) is 25.4 Å². The monoisotopic (exact) mass is 270 g/mol. The second kappa shape index (κ2) is 8.83. The molecule has 0 amide bonds. The van der Waals surface area contributed by atoms with Crippen molar-refractivity contribution in [3.8, 4) is 5.75 Å². The zero-order chi connectivity index (χ0) is 13.2. The molecule has 1 aromatic carbocycles. The van der Waals surface area contributed by atoms with Gasteiger partial charge in [-0.15, -0.1) is 0 Å². The number of benzene rings is 1. The van der Waals surface area contributed by atoms with Crippen LogP contribution in [0.4, 0.5) is 0 Å². The maximum absolute atomic E-state index is 11.4. The van der Waals surface area contributed by atoms with E-state index < -0.39 is 0 Å². The summed E-state index contributed by atoms with van der Waals surface area (Å²) in [6.45, 7) is 3.78. The molecule has 0 bridgehead atoms. The number of carbonyl (C=O) groups is 1. The quantitative estimate of drug-likeness (QED) is 0.447. The lowest BCUT2D eigenvalue weighted by Crippen LogP contribution is -2.08. The standard InChI is InChI=1S/C13H18O4S/c1-2-16-13(14)11-3-5-12(6-4-11)17-8-7-15-9-10-18/h3-6,18H,2,7-10H2,1H3. The first-order chi connectivity index (χ1) is 8.77. The van der Waals surface area contributed by atoms with Crippen molar-refractivity contribution in [2.45, 2.75) is 6.92 Å². The van der Waals surface area contributed by atoms with Crippen molar-refractivity contribution in [2.75, 3.05) is 32.2 Å². The van der Waals surface area contributed by atoms with Crippen LogP contribution in [-0.2, 0) is 9.47 Å². The number of carbonyl (C=O) groups excluding carboxylic acids is 1. The van der Waals surface area contributed by atoms with Crippen LogP contribution in [0, 0.1) is 0 Å². The van der Waals surface area contributed by atoms with Gasteiger partial charge in [-0.25, -0.2) is 4.79 Å². The molecular weight excluding hydrogens is 252 g/mol. The lowest BCUT2D eigenvalue weighted by molar-refractivity contribution is 0.0526. The third kappa shape index (κ3) is 5.42. The van der Waals surface area contributed by atoms with Crippen LogP contribution in [0.5, 0.6) is 5.75 Å². The molecule has 0 fully saturated rings. The number of esters is 1. The molecule has 1 rings (SSSR count). The van der Waals surface area contributed by atoms with Gasteiger partial charge in [-0.3, -0.25) is 0 Å². The Labute approximate surface area is 113 Å². The van der Waals surface area contributed by atoms with E-state index in [4.69, 9.17) is 14.2 Å². The van der Waals surface area contributed by atoms with Crippen molar-refractivity contribution in [3.63, 3.8) is 0 Å². The molecule has 0 unspecified atom stereocenters. The van der Waals surface area contributed by atoms with Gasteiger partial charge in [0, 0.05) is 5.75 Å². The first-order valence-electron chi connectivity index (χ1n) is 5.86. The fourth-order valence-electron chi connectivity index (χ4n) is 1.29. The summed E-state index contributed by atoms with van der Waals surface area (Å²) in [6.07, 6.45) is 0. The maximum Gasteiger partial charge on any atom is 0.338 e. The molecule has 0 aliphatic carbocycles. The summed E-state index contributed by atoms with van der Waals surface area (Å²) in [5.74, 6) is 1.09. The molecule has 0 N–H and O–H groups in total. The Hall–Kier alpha value is -1.20. The molecule has 0 radical (unpaired) electrons. The molecule has 0 spiro atoms. The van der Waals surface area contributed by atoms with Crippen molar-refractivity contribution in [2.24, 2.45) is 0 Å². The zero-order valence-corrected chi connectivity index (χ0v) is 11.3. The normalized spacial score (nSPS) is 10.1. The fourth-order valence-corrected chi connectivity index (χ4v) is 1.42. The first-order valence-corrected chi connectivity index (χ1v) is 6.49. The lowest BCUT2D eigenvalue weighted by atomic mass is 10.2. The molecule has 100 valence electrons. The summed E-state index contributed by atoms with van der Waals surface area (Å²) in [5.41, 5.74) is 0.524. The Morgan fingerprint density at radius 1 is 1.17 bits per heavy atom. The Bertz CT molecular complexity index is 351. The minimum absolute atomic E-state index is 0.318. The van der Waals surface area contributed by atoms with Crippen LogP contribution in [0.1, 0.15) is 17.3 Å². The van der Waals surface area contributed by atoms with Crippen LogP contribution in [0.25, 0.3) is 0 Å². The molecule has 1 aromatic rings. The molecule has 0 aliphatic heterocycles. The molecule has 0 heterocycles. The Morgan fingerprint density at radius 3 is 2.50 bits per heavy atom. The fraction of sp³-hybridized carbons (Fsp3) is 0.462. The average molecular weight is 270 g/mol. The summed E-state index contributed by atoms with van der Waals surface area (Å²) >= 11 is 4.03. The number of rotatable bonds is 8. The number of hydrogen-bond acceptors (Lipinski definition) is 5. The predicted octanol–water partition coefficient (Wildman–Crippen LogP) is 2.19. The van der Waals surface area contributed by atoms with E-state index in [9.17, 15) is 4.79 Å². The molecular formula is C13H18O4S. The molecule has 18 heavy (non-hydrogen) atoms. The van der Waals surface area contributed by atoms with Crippen molar-refractivity contribution < 1.29 is 19.0 Å². The van der Waals surface area contributed by atoms with Gasteiger partial charge in [-0.05, 0) is 31.2 Å². The highest BCUT2D eigenvalue weighted by atomic mass is 32.1. The second-order valence-corrected chi connectivity index (χ2v) is 3.88. The van der Waals surface area contributed by atoms with Gasteiger partial charge in [-0.1, -0.05) is 0 Å². The maximum atomic E-state index is 11.4. The van der Waals surface area contributed by atoms with Gasteiger partial charge in [0.15, 0.2) is 0 Å². The molecule has 0 saturated heterocycles. The SMILES string of the molecule is CCOC(=O)c1ccc(OCCOCCS)cc1. The number of thiol groups is 1. The summed E-state index contributed by atoms with van der Waals surface area (Å²) in [4.78, 5) is 11.4. The average Bonchev–Trinajstić information content (AvgIpc) is 2.39. The minimum atomic E-state index is -0.318. The van der Waals surface area contributed by atoms with Crippen LogP contribution in [0.2, 0.25) is 0 Å². The van der Waals surface area contributed by atoms with Crippen LogP contribution in [0.3, 0.4) is 0 Å². The van der Waals surface area contributed by atoms with Crippen molar-refractivity contribution >= 4 is 18.6 Å². The second-order valence-electron chi connectivity index (χ2n) is 3.43. The predicted molar refractivity (Wildman–Crippen MR) is 72.6 cm³/mol. The Kier molecular flexibility index (Phi) is 7.29. The van der Waals surface area contributed by atoms with E-state index in [0.717, 1.165) is 0 Å².